The summed E-state index contributed by atoms with van der Waals surface area (Å²) in [5.41, 5.74) is 7.72. The fourth-order valence-electron chi connectivity index (χ4n) is 6.41. The molecule has 1 aliphatic heterocycles. The van der Waals surface area contributed by atoms with E-state index in [0.717, 1.165) is 5.46 Å². The van der Waals surface area contributed by atoms with Gasteiger partial charge in [-0.1, -0.05) is 121 Å². The Hall–Kier alpha value is -4.22. The van der Waals surface area contributed by atoms with Gasteiger partial charge in [-0.15, -0.1) is 11.3 Å². The van der Waals surface area contributed by atoms with Crippen LogP contribution in [0.5, 0.6) is 0 Å². The standard InChI is InChI=1S/C40H33BO2S/c1-39(2)40(3,4)43-41(42-39)35-16-10-15-33-37-32-14-9-8-13-31(32)34(25-36(37)44-38(33)35)30-23-21-29(22-24-30)28-19-17-27(18-20-28)26-11-6-5-7-12-26/h5-25H,1-4H3. The minimum absolute atomic E-state index is 0.382. The maximum absolute atomic E-state index is 6.50. The van der Waals surface area contributed by atoms with Crippen LogP contribution in [0.1, 0.15) is 27.7 Å². The summed E-state index contributed by atoms with van der Waals surface area (Å²) in [5.74, 6) is 0. The first kappa shape index (κ1) is 27.3. The van der Waals surface area contributed by atoms with Gasteiger partial charge in [0, 0.05) is 25.6 Å². The zero-order chi connectivity index (χ0) is 30.1. The van der Waals surface area contributed by atoms with Crippen molar-refractivity contribution in [2.75, 3.05) is 0 Å². The van der Waals surface area contributed by atoms with Crippen LogP contribution in [-0.2, 0) is 9.31 Å². The van der Waals surface area contributed by atoms with Gasteiger partial charge < -0.3 is 9.31 Å². The van der Waals surface area contributed by atoms with Crippen LogP contribution in [0.4, 0.5) is 0 Å². The average molecular weight is 589 g/mol. The van der Waals surface area contributed by atoms with E-state index in [-0.39, 0.29) is 11.2 Å². The molecule has 1 saturated heterocycles. The molecule has 0 aliphatic carbocycles. The van der Waals surface area contributed by atoms with Gasteiger partial charge in [-0.3, -0.25) is 0 Å². The number of hydrogen-bond donors (Lipinski definition) is 0. The maximum atomic E-state index is 6.50. The van der Waals surface area contributed by atoms with E-state index in [1.807, 2.05) is 11.3 Å². The summed E-state index contributed by atoms with van der Waals surface area (Å²) in [4.78, 5) is 0. The summed E-state index contributed by atoms with van der Waals surface area (Å²) in [6, 6.07) is 46.1. The lowest BCUT2D eigenvalue weighted by molar-refractivity contribution is 0.00578. The van der Waals surface area contributed by atoms with E-state index in [1.54, 1.807) is 0 Å². The Balaban J connectivity index is 1.20. The van der Waals surface area contributed by atoms with Crippen LogP contribution in [0.3, 0.4) is 0 Å². The number of thiophene rings is 1. The van der Waals surface area contributed by atoms with Gasteiger partial charge in [0.2, 0.25) is 0 Å². The third kappa shape index (κ3) is 4.40. The normalized spacial score (nSPS) is 15.9. The second kappa shape index (κ2) is 10.2. The molecule has 0 bridgehead atoms. The van der Waals surface area contributed by atoms with Crippen molar-refractivity contribution >= 4 is 54.9 Å². The summed E-state index contributed by atoms with van der Waals surface area (Å²) in [5, 5.41) is 5.10. The highest BCUT2D eigenvalue weighted by molar-refractivity contribution is 7.27. The smallest absolute Gasteiger partial charge is 0.399 e. The number of fused-ring (bicyclic) bond motifs is 5. The summed E-state index contributed by atoms with van der Waals surface area (Å²) in [6.07, 6.45) is 0. The zero-order valence-electron chi connectivity index (χ0n) is 25.4. The van der Waals surface area contributed by atoms with Gasteiger partial charge in [0.05, 0.1) is 11.2 Å². The molecule has 2 heterocycles. The molecule has 2 nitrogen and oxygen atoms in total. The van der Waals surface area contributed by atoms with Crippen LogP contribution < -0.4 is 5.46 Å². The lowest BCUT2D eigenvalue weighted by Gasteiger charge is -2.32. The van der Waals surface area contributed by atoms with Gasteiger partial charge in [0.15, 0.2) is 0 Å². The van der Waals surface area contributed by atoms with Gasteiger partial charge in [-0.25, -0.2) is 0 Å². The Morgan fingerprint density at radius 1 is 0.500 bits per heavy atom. The Morgan fingerprint density at radius 3 is 1.61 bits per heavy atom. The van der Waals surface area contributed by atoms with Gasteiger partial charge in [0.1, 0.15) is 0 Å². The molecule has 0 N–H and O–H groups in total. The third-order valence-electron chi connectivity index (χ3n) is 9.56. The topological polar surface area (TPSA) is 18.5 Å². The van der Waals surface area contributed by atoms with E-state index >= 15 is 0 Å². The molecular weight excluding hydrogens is 555 g/mol. The van der Waals surface area contributed by atoms with Crippen LogP contribution in [0.15, 0.2) is 127 Å². The van der Waals surface area contributed by atoms with Crippen molar-refractivity contribution in [1.29, 1.82) is 0 Å². The molecule has 1 fully saturated rings. The molecule has 8 rings (SSSR count). The van der Waals surface area contributed by atoms with Crippen LogP contribution in [0.25, 0.3) is 64.3 Å². The van der Waals surface area contributed by atoms with E-state index in [4.69, 9.17) is 9.31 Å². The second-order valence-corrected chi connectivity index (χ2v) is 13.8. The highest BCUT2D eigenvalue weighted by atomic mass is 32.1. The van der Waals surface area contributed by atoms with Gasteiger partial charge in [-0.2, -0.15) is 0 Å². The summed E-state index contributed by atoms with van der Waals surface area (Å²) < 4.78 is 15.5. The minimum atomic E-state index is -0.392. The molecule has 6 aromatic carbocycles. The molecule has 44 heavy (non-hydrogen) atoms. The number of benzene rings is 6. The van der Waals surface area contributed by atoms with Gasteiger partial charge in [0.25, 0.3) is 0 Å². The maximum Gasteiger partial charge on any atom is 0.496 e. The van der Waals surface area contributed by atoms with Crippen LogP contribution >= 0.6 is 11.3 Å². The number of hydrogen-bond acceptors (Lipinski definition) is 3. The first-order valence-corrected chi connectivity index (χ1v) is 16.1. The van der Waals surface area contributed by atoms with E-state index < -0.39 is 7.12 Å². The molecule has 4 heteroatoms. The van der Waals surface area contributed by atoms with Crippen molar-refractivity contribution in [3.8, 4) is 33.4 Å². The second-order valence-electron chi connectivity index (χ2n) is 12.8. The molecule has 1 aliphatic rings. The van der Waals surface area contributed by atoms with Crippen LogP contribution in [0, 0.1) is 0 Å². The van der Waals surface area contributed by atoms with Crippen LogP contribution in [0.2, 0.25) is 0 Å². The average Bonchev–Trinajstić information content (AvgIpc) is 3.53. The lowest BCUT2D eigenvalue weighted by Crippen LogP contribution is -2.41. The monoisotopic (exact) mass is 588 g/mol. The summed E-state index contributed by atoms with van der Waals surface area (Å²) >= 11 is 1.84. The van der Waals surface area contributed by atoms with Crippen LogP contribution in [-0.4, -0.2) is 18.3 Å². The molecular formula is C40H33BO2S. The van der Waals surface area contributed by atoms with Crippen molar-refractivity contribution in [1.82, 2.24) is 0 Å². The zero-order valence-corrected chi connectivity index (χ0v) is 26.2. The first-order valence-electron chi connectivity index (χ1n) is 15.3. The van der Waals surface area contributed by atoms with E-state index in [9.17, 15) is 0 Å². The van der Waals surface area contributed by atoms with Crippen molar-refractivity contribution in [2.24, 2.45) is 0 Å². The lowest BCUT2D eigenvalue weighted by atomic mass is 9.78. The SMILES string of the molecule is CC1(C)OB(c2cccc3c2sc2cc(-c4ccc(-c5ccc(-c6ccccc6)cc5)cc4)c4ccccc4c23)OC1(C)C. The fourth-order valence-corrected chi connectivity index (χ4v) is 7.69. The largest absolute Gasteiger partial charge is 0.496 e. The Bertz CT molecular complexity index is 2140. The van der Waals surface area contributed by atoms with Gasteiger partial charge in [-0.05, 0) is 77.9 Å². The van der Waals surface area contributed by atoms with Crippen molar-refractivity contribution < 1.29 is 9.31 Å². The molecule has 0 amide bonds. The summed E-state index contributed by atoms with van der Waals surface area (Å²) in [7, 11) is -0.392. The van der Waals surface area contributed by atoms with E-state index in [2.05, 4.69) is 155 Å². The molecule has 0 atom stereocenters. The predicted octanol–water partition coefficient (Wildman–Crippen LogP) is 10.5. The van der Waals surface area contributed by atoms with Gasteiger partial charge >= 0.3 is 7.12 Å². The molecule has 214 valence electrons. The number of rotatable bonds is 4. The third-order valence-corrected chi connectivity index (χ3v) is 10.8. The summed E-state index contributed by atoms with van der Waals surface area (Å²) in [6.45, 7) is 8.46. The van der Waals surface area contributed by atoms with Crippen molar-refractivity contribution in [3.63, 3.8) is 0 Å². The highest BCUT2D eigenvalue weighted by Crippen LogP contribution is 2.44. The predicted molar refractivity (Wildman–Crippen MR) is 189 cm³/mol. The quantitative estimate of drug-likeness (QED) is 0.191. The molecule has 0 unspecified atom stereocenters. The Kier molecular flexibility index (Phi) is 6.32. The molecule has 0 saturated carbocycles. The van der Waals surface area contributed by atoms with E-state index in [0.29, 0.717) is 0 Å². The van der Waals surface area contributed by atoms with Crippen molar-refractivity contribution in [3.05, 3.63) is 127 Å². The Labute approximate surface area is 263 Å². The first-order chi connectivity index (χ1) is 21.3. The fraction of sp³-hybridized carbons (Fsp3) is 0.150. The molecule has 0 radical (unpaired) electrons. The molecule has 7 aromatic rings. The molecule has 0 spiro atoms. The van der Waals surface area contributed by atoms with E-state index in [1.165, 1.54) is 64.3 Å². The van der Waals surface area contributed by atoms with Crippen molar-refractivity contribution in [2.45, 2.75) is 38.9 Å². The highest BCUT2D eigenvalue weighted by Gasteiger charge is 2.52. The molecule has 1 aromatic heterocycles. The minimum Gasteiger partial charge on any atom is -0.399 e. The Morgan fingerprint density at radius 2 is 1.00 bits per heavy atom.